The van der Waals surface area contributed by atoms with E-state index in [4.69, 9.17) is 4.98 Å². The van der Waals surface area contributed by atoms with E-state index in [-0.39, 0.29) is 11.8 Å². The number of carbonyl (C=O) groups is 2. The van der Waals surface area contributed by atoms with Gasteiger partial charge in [-0.1, -0.05) is 19.1 Å². The van der Waals surface area contributed by atoms with Gasteiger partial charge in [0.15, 0.2) is 0 Å². The number of hydrogen-bond donors (Lipinski definition) is 2. The molecule has 0 unspecified atom stereocenters. The minimum Gasteiger partial charge on any atom is -0.342 e. The Hall–Kier alpha value is -4.04. The summed E-state index contributed by atoms with van der Waals surface area (Å²) in [6, 6.07) is 17.1. The molecule has 200 valence electrons. The third-order valence-electron chi connectivity index (χ3n) is 7.03. The highest BCUT2D eigenvalue weighted by molar-refractivity contribution is 7.14. The second-order valence-corrected chi connectivity index (χ2v) is 11.0. The molecule has 1 aliphatic carbocycles. The van der Waals surface area contributed by atoms with E-state index in [1.165, 1.54) is 23.3 Å². The van der Waals surface area contributed by atoms with E-state index in [1.54, 1.807) is 34.6 Å². The molecule has 2 heterocycles. The Morgan fingerprint density at radius 3 is 2.62 bits per heavy atom. The number of rotatable bonds is 8. The first-order valence-electron chi connectivity index (χ1n) is 13.4. The van der Waals surface area contributed by atoms with Crippen molar-refractivity contribution in [2.75, 3.05) is 24.2 Å². The summed E-state index contributed by atoms with van der Waals surface area (Å²) in [4.78, 5) is 38.5. The number of anilines is 3. The number of fused-ring (bicyclic) bond motifs is 1. The van der Waals surface area contributed by atoms with E-state index in [2.05, 4.69) is 28.6 Å². The smallest absolute Gasteiger partial charge is 0.265 e. The second kappa shape index (κ2) is 11.8. The number of carbonyl (C=O) groups excluding carboxylic acids is 2. The van der Waals surface area contributed by atoms with Gasteiger partial charge in [-0.3, -0.25) is 9.59 Å². The van der Waals surface area contributed by atoms with Gasteiger partial charge in [-0.2, -0.15) is 0 Å². The first-order chi connectivity index (χ1) is 18.9. The van der Waals surface area contributed by atoms with Crippen LogP contribution in [-0.4, -0.2) is 40.3 Å². The van der Waals surface area contributed by atoms with Crippen molar-refractivity contribution < 1.29 is 9.59 Å². The molecular weight excluding hydrogens is 506 g/mol. The predicted octanol–water partition coefficient (Wildman–Crippen LogP) is 6.87. The van der Waals surface area contributed by atoms with Gasteiger partial charge in [-0.25, -0.2) is 9.97 Å². The van der Waals surface area contributed by atoms with Crippen molar-refractivity contribution in [3.05, 3.63) is 87.2 Å². The Bertz CT molecular complexity index is 1470. The highest BCUT2D eigenvalue weighted by atomic mass is 32.1. The number of aryl methyl sites for hydroxylation is 2. The van der Waals surface area contributed by atoms with E-state index < -0.39 is 0 Å². The van der Waals surface area contributed by atoms with E-state index in [0.717, 1.165) is 58.9 Å². The lowest BCUT2D eigenvalue weighted by molar-refractivity contribution is 0.0795. The second-order valence-electron chi connectivity index (χ2n) is 9.89. The lowest BCUT2D eigenvalue weighted by Crippen LogP contribution is -2.27. The molecule has 4 aromatic rings. The zero-order chi connectivity index (χ0) is 27.4. The maximum atomic E-state index is 13.1. The number of nitrogens with zero attached hydrogens (tertiary/aromatic N) is 3. The highest BCUT2D eigenvalue weighted by Gasteiger charge is 2.19. The molecule has 0 radical (unpaired) electrons. The highest BCUT2D eigenvalue weighted by Crippen LogP contribution is 2.32. The number of aromatic nitrogens is 2. The number of amides is 2. The van der Waals surface area contributed by atoms with Crippen LogP contribution in [0, 0.1) is 6.92 Å². The molecular formula is C31H33N5O2S. The van der Waals surface area contributed by atoms with Gasteiger partial charge in [0.25, 0.3) is 11.8 Å². The summed E-state index contributed by atoms with van der Waals surface area (Å²) in [6.07, 6.45) is 7.17. The SMILES string of the molecule is CCCN(C)C(=O)c1ccc(Nc2nccc(-c3cccc(NC(=O)c4cc5c(s4)CCCC5)c3C)n2)cc1. The molecule has 2 amide bonds. The normalized spacial score (nSPS) is 12.5. The molecule has 0 saturated carbocycles. The average Bonchev–Trinajstić information content (AvgIpc) is 3.39. The first-order valence-corrected chi connectivity index (χ1v) is 14.2. The Kier molecular flexibility index (Phi) is 8.02. The van der Waals surface area contributed by atoms with Crippen LogP contribution in [0.25, 0.3) is 11.3 Å². The molecule has 0 aliphatic heterocycles. The standard InChI is InChI=1S/C31H33N5O2S/c1-4-18-36(3)30(38)21-12-14-23(15-13-21)33-31-32-17-16-26(35-31)24-9-7-10-25(20(24)2)34-29(37)28-19-22-8-5-6-11-27(22)39-28/h7,9-10,12-17,19H,4-6,8,11,18H2,1-3H3,(H,34,37)(H,32,33,35). The molecule has 2 N–H and O–H groups in total. The van der Waals surface area contributed by atoms with Gasteiger partial charge in [0.1, 0.15) is 0 Å². The monoisotopic (exact) mass is 539 g/mol. The zero-order valence-corrected chi connectivity index (χ0v) is 23.4. The molecule has 5 rings (SSSR count). The van der Waals surface area contributed by atoms with Crippen LogP contribution in [0.4, 0.5) is 17.3 Å². The average molecular weight is 540 g/mol. The lowest BCUT2D eigenvalue weighted by Gasteiger charge is -2.16. The van der Waals surface area contributed by atoms with Gasteiger partial charge in [0.2, 0.25) is 5.95 Å². The minimum atomic E-state index is -0.0671. The van der Waals surface area contributed by atoms with E-state index in [9.17, 15) is 9.59 Å². The van der Waals surface area contributed by atoms with Crippen molar-refractivity contribution in [3.63, 3.8) is 0 Å². The summed E-state index contributed by atoms with van der Waals surface area (Å²) < 4.78 is 0. The summed E-state index contributed by atoms with van der Waals surface area (Å²) in [6.45, 7) is 4.76. The Balaban J connectivity index is 1.31. The Morgan fingerprint density at radius 1 is 1.05 bits per heavy atom. The van der Waals surface area contributed by atoms with Crippen molar-refractivity contribution in [3.8, 4) is 11.3 Å². The van der Waals surface area contributed by atoms with Crippen LogP contribution < -0.4 is 10.6 Å². The number of hydrogen-bond acceptors (Lipinski definition) is 6. The largest absolute Gasteiger partial charge is 0.342 e. The quantitative estimate of drug-likeness (QED) is 0.255. The maximum absolute atomic E-state index is 13.1. The number of nitrogens with one attached hydrogen (secondary N) is 2. The summed E-state index contributed by atoms with van der Waals surface area (Å²) in [5.41, 5.74) is 6.14. The van der Waals surface area contributed by atoms with Crippen LogP contribution >= 0.6 is 11.3 Å². The topological polar surface area (TPSA) is 87.2 Å². The molecule has 0 spiro atoms. The van der Waals surface area contributed by atoms with E-state index >= 15 is 0 Å². The molecule has 39 heavy (non-hydrogen) atoms. The molecule has 7 nitrogen and oxygen atoms in total. The van der Waals surface area contributed by atoms with Crippen molar-refractivity contribution in [1.29, 1.82) is 0 Å². The summed E-state index contributed by atoms with van der Waals surface area (Å²) in [7, 11) is 1.81. The predicted molar refractivity (Wildman–Crippen MR) is 158 cm³/mol. The van der Waals surface area contributed by atoms with E-state index in [1.807, 2.05) is 50.4 Å². The van der Waals surface area contributed by atoms with Gasteiger partial charge in [-0.15, -0.1) is 11.3 Å². The van der Waals surface area contributed by atoms with Gasteiger partial charge in [0, 0.05) is 47.2 Å². The zero-order valence-electron chi connectivity index (χ0n) is 22.6. The molecule has 0 saturated heterocycles. The van der Waals surface area contributed by atoms with Crippen LogP contribution in [0.5, 0.6) is 0 Å². The Morgan fingerprint density at radius 2 is 1.85 bits per heavy atom. The fourth-order valence-corrected chi connectivity index (χ4v) is 6.04. The fraction of sp³-hybridized carbons (Fsp3) is 0.290. The molecule has 1 aliphatic rings. The van der Waals surface area contributed by atoms with Gasteiger partial charge >= 0.3 is 0 Å². The van der Waals surface area contributed by atoms with E-state index in [0.29, 0.717) is 11.5 Å². The lowest BCUT2D eigenvalue weighted by atomic mass is 9.99. The minimum absolute atomic E-state index is 0.00257. The fourth-order valence-electron chi connectivity index (χ4n) is 4.89. The van der Waals surface area contributed by atoms with Crippen molar-refractivity contribution in [2.45, 2.75) is 46.0 Å². The van der Waals surface area contributed by atoms with Crippen LogP contribution in [0.1, 0.15) is 62.2 Å². The maximum Gasteiger partial charge on any atom is 0.265 e. The van der Waals surface area contributed by atoms with Crippen LogP contribution in [0.3, 0.4) is 0 Å². The molecule has 2 aromatic carbocycles. The van der Waals surface area contributed by atoms with Crippen molar-refractivity contribution >= 4 is 40.5 Å². The first kappa shape index (κ1) is 26.6. The van der Waals surface area contributed by atoms with Crippen LogP contribution in [-0.2, 0) is 12.8 Å². The number of benzene rings is 2. The summed E-state index contributed by atoms with van der Waals surface area (Å²) in [5.74, 6) is 0.387. The number of thiophene rings is 1. The molecule has 0 fully saturated rings. The Labute approximate surface area is 233 Å². The van der Waals surface area contributed by atoms with Crippen molar-refractivity contribution in [1.82, 2.24) is 14.9 Å². The summed E-state index contributed by atoms with van der Waals surface area (Å²) >= 11 is 1.62. The van der Waals surface area contributed by atoms with Crippen LogP contribution in [0.2, 0.25) is 0 Å². The molecule has 0 bridgehead atoms. The van der Waals surface area contributed by atoms with Gasteiger partial charge in [0.05, 0.1) is 10.6 Å². The third kappa shape index (κ3) is 6.01. The third-order valence-corrected chi connectivity index (χ3v) is 8.26. The molecule has 0 atom stereocenters. The van der Waals surface area contributed by atoms with Gasteiger partial charge < -0.3 is 15.5 Å². The van der Waals surface area contributed by atoms with Crippen LogP contribution in [0.15, 0.2) is 60.8 Å². The van der Waals surface area contributed by atoms with Crippen molar-refractivity contribution in [2.24, 2.45) is 0 Å². The molecule has 8 heteroatoms. The summed E-state index contributed by atoms with van der Waals surface area (Å²) in [5, 5.41) is 6.34. The molecule has 2 aromatic heterocycles. The van der Waals surface area contributed by atoms with Gasteiger partial charge in [-0.05, 0) is 92.6 Å².